The second-order valence-electron chi connectivity index (χ2n) is 9.10. The number of nitrogens with one attached hydrogen (secondary N) is 3. The van der Waals surface area contributed by atoms with E-state index in [-0.39, 0.29) is 23.6 Å². The zero-order valence-corrected chi connectivity index (χ0v) is 20.6. The molecule has 188 valence electrons. The first-order valence-corrected chi connectivity index (χ1v) is 12.4. The van der Waals surface area contributed by atoms with Gasteiger partial charge in [0.25, 0.3) is 5.91 Å². The van der Waals surface area contributed by atoms with E-state index in [1.54, 1.807) is 24.3 Å². The third-order valence-electron chi connectivity index (χ3n) is 6.54. The molecule has 1 aliphatic rings. The van der Waals surface area contributed by atoms with Gasteiger partial charge in [0, 0.05) is 38.2 Å². The Labute approximate surface area is 214 Å². The van der Waals surface area contributed by atoms with E-state index in [0.717, 1.165) is 11.1 Å². The molecule has 5 rings (SSSR count). The van der Waals surface area contributed by atoms with Crippen LogP contribution in [0.3, 0.4) is 0 Å². The van der Waals surface area contributed by atoms with E-state index < -0.39 is 5.69 Å². The molecule has 1 atom stereocenters. The number of anilines is 1. The summed E-state index contributed by atoms with van der Waals surface area (Å²) < 4.78 is 1.47. The van der Waals surface area contributed by atoms with E-state index in [0.29, 0.717) is 43.1 Å². The summed E-state index contributed by atoms with van der Waals surface area (Å²) in [5, 5.41) is 6.19. The van der Waals surface area contributed by atoms with Gasteiger partial charge in [0.2, 0.25) is 5.91 Å². The van der Waals surface area contributed by atoms with Crippen LogP contribution in [0.5, 0.6) is 0 Å². The van der Waals surface area contributed by atoms with Gasteiger partial charge in [0.15, 0.2) is 0 Å². The van der Waals surface area contributed by atoms with Gasteiger partial charge in [-0.05, 0) is 24.1 Å². The number of amides is 2. The summed E-state index contributed by atoms with van der Waals surface area (Å²) in [6.45, 7) is 3.28. The number of hydrogen-bond donors (Lipinski definition) is 3. The Kier molecular flexibility index (Phi) is 7.00. The Balaban J connectivity index is 1.62. The summed E-state index contributed by atoms with van der Waals surface area (Å²) in [6, 6.07) is 26.5. The number of para-hydroxylation sites is 2. The van der Waals surface area contributed by atoms with Crippen LogP contribution in [-0.4, -0.2) is 51.9 Å². The maximum Gasteiger partial charge on any atom is 0.331 e. The minimum absolute atomic E-state index is 0.0641. The predicted octanol–water partition coefficient (Wildman–Crippen LogP) is 3.45. The van der Waals surface area contributed by atoms with Crippen LogP contribution in [0.25, 0.3) is 16.9 Å². The summed E-state index contributed by atoms with van der Waals surface area (Å²) in [5.41, 5.74) is 3.08. The molecule has 0 spiro atoms. The molecule has 3 aromatic carbocycles. The minimum atomic E-state index is -0.449. The lowest BCUT2D eigenvalue weighted by Crippen LogP contribution is -2.54. The number of benzene rings is 3. The highest BCUT2D eigenvalue weighted by molar-refractivity contribution is 5.99. The molecule has 4 aromatic rings. The van der Waals surface area contributed by atoms with Crippen molar-refractivity contribution in [1.29, 1.82) is 0 Å². The Hall–Kier alpha value is -4.43. The van der Waals surface area contributed by atoms with Crippen molar-refractivity contribution >= 4 is 17.5 Å². The number of carbonyl (C=O) groups is 2. The van der Waals surface area contributed by atoms with E-state index in [9.17, 15) is 14.4 Å². The molecular weight excluding hydrogens is 466 g/mol. The Bertz CT molecular complexity index is 1460. The van der Waals surface area contributed by atoms with Gasteiger partial charge in [-0.1, -0.05) is 72.8 Å². The first kappa shape index (κ1) is 24.3. The van der Waals surface area contributed by atoms with Crippen molar-refractivity contribution in [2.75, 3.05) is 25.0 Å². The van der Waals surface area contributed by atoms with Crippen molar-refractivity contribution in [3.05, 3.63) is 107 Å². The fourth-order valence-electron chi connectivity index (χ4n) is 4.89. The largest absolute Gasteiger partial charge is 0.331 e. The molecule has 37 heavy (non-hydrogen) atoms. The third kappa shape index (κ3) is 5.10. The van der Waals surface area contributed by atoms with Gasteiger partial charge in [-0.15, -0.1) is 0 Å². The number of aromatic amines is 1. The molecule has 1 aliphatic heterocycles. The van der Waals surface area contributed by atoms with Crippen molar-refractivity contribution in [3.8, 4) is 16.9 Å². The van der Waals surface area contributed by atoms with Crippen LogP contribution < -0.4 is 16.3 Å². The monoisotopic (exact) mass is 495 g/mol. The molecule has 8 nitrogen and oxygen atoms in total. The summed E-state index contributed by atoms with van der Waals surface area (Å²) in [5.74, 6) is -0.479. The van der Waals surface area contributed by atoms with Crippen molar-refractivity contribution in [2.45, 2.75) is 19.4 Å². The maximum atomic E-state index is 14.1. The second kappa shape index (κ2) is 10.7. The van der Waals surface area contributed by atoms with Gasteiger partial charge in [-0.25, -0.2) is 4.79 Å². The molecule has 1 unspecified atom stereocenters. The number of piperazine rings is 1. The van der Waals surface area contributed by atoms with Crippen LogP contribution in [0.2, 0.25) is 0 Å². The van der Waals surface area contributed by atoms with Gasteiger partial charge in [-0.3, -0.25) is 14.2 Å². The molecule has 3 N–H and O–H groups in total. The molecule has 1 fully saturated rings. The molecule has 0 radical (unpaired) electrons. The number of rotatable bonds is 6. The van der Waals surface area contributed by atoms with Crippen molar-refractivity contribution in [1.82, 2.24) is 19.8 Å². The lowest BCUT2D eigenvalue weighted by molar-refractivity contribution is -0.114. The van der Waals surface area contributed by atoms with Crippen LogP contribution in [0.1, 0.15) is 23.0 Å². The predicted molar refractivity (Wildman–Crippen MR) is 144 cm³/mol. The van der Waals surface area contributed by atoms with Crippen LogP contribution in [-0.2, 0) is 11.2 Å². The van der Waals surface area contributed by atoms with Gasteiger partial charge < -0.3 is 20.5 Å². The number of hydrogen-bond acceptors (Lipinski definition) is 4. The maximum absolute atomic E-state index is 14.1. The molecule has 1 aromatic heterocycles. The summed E-state index contributed by atoms with van der Waals surface area (Å²) >= 11 is 0. The Morgan fingerprint density at radius 2 is 1.62 bits per heavy atom. The number of aromatic nitrogens is 2. The normalized spacial score (nSPS) is 15.4. The molecular formula is C29H29N5O3. The quantitative estimate of drug-likeness (QED) is 0.382. The first-order valence-electron chi connectivity index (χ1n) is 12.4. The fraction of sp³-hybridized carbons (Fsp3) is 0.207. The highest BCUT2D eigenvalue weighted by Gasteiger charge is 2.32. The van der Waals surface area contributed by atoms with Crippen LogP contribution >= 0.6 is 0 Å². The number of carbonyl (C=O) groups excluding carboxylic acids is 2. The zero-order valence-electron chi connectivity index (χ0n) is 20.6. The number of H-pyrrole nitrogens is 1. The molecule has 0 saturated carbocycles. The Morgan fingerprint density at radius 1 is 0.946 bits per heavy atom. The molecule has 0 aliphatic carbocycles. The van der Waals surface area contributed by atoms with Gasteiger partial charge in [0.1, 0.15) is 5.69 Å². The first-order chi connectivity index (χ1) is 18.0. The minimum Gasteiger partial charge on any atom is -0.331 e. The topological polar surface area (TPSA) is 99.2 Å². The van der Waals surface area contributed by atoms with Crippen molar-refractivity contribution in [2.24, 2.45) is 0 Å². The number of imidazole rings is 1. The van der Waals surface area contributed by atoms with Crippen molar-refractivity contribution in [3.63, 3.8) is 0 Å². The zero-order chi connectivity index (χ0) is 25.8. The highest BCUT2D eigenvalue weighted by atomic mass is 16.2. The van der Waals surface area contributed by atoms with Crippen LogP contribution in [0.4, 0.5) is 5.69 Å². The second-order valence-corrected chi connectivity index (χ2v) is 9.10. The smallest absolute Gasteiger partial charge is 0.331 e. The van der Waals surface area contributed by atoms with E-state index in [2.05, 4.69) is 27.8 Å². The molecule has 2 amide bonds. The van der Waals surface area contributed by atoms with Gasteiger partial charge in [-0.2, -0.15) is 0 Å². The van der Waals surface area contributed by atoms with E-state index >= 15 is 0 Å². The van der Waals surface area contributed by atoms with Crippen LogP contribution in [0.15, 0.2) is 89.7 Å². The fourth-order valence-corrected chi connectivity index (χ4v) is 4.89. The molecule has 8 heteroatoms. The number of nitrogens with zero attached hydrogens (tertiary/aromatic N) is 2. The molecule has 0 bridgehead atoms. The summed E-state index contributed by atoms with van der Waals surface area (Å²) in [7, 11) is 0. The standard InChI is InChI=1S/C29H29N5O3/c1-20(35)31-24-14-8-9-15-25(24)34-27(22-12-6-3-7-13-22)26(32-29(34)37)28(36)33-17-16-30-19-23(33)18-21-10-4-2-5-11-21/h2-15,23,30H,16-19H2,1H3,(H,31,35)(H,32,37). The van der Waals surface area contributed by atoms with E-state index in [4.69, 9.17) is 0 Å². The average molecular weight is 496 g/mol. The Morgan fingerprint density at radius 3 is 2.35 bits per heavy atom. The SMILES string of the molecule is CC(=O)Nc1ccccc1-n1c(-c2ccccc2)c(C(=O)N2CCNCC2Cc2ccccc2)[nH]c1=O. The molecule has 1 saturated heterocycles. The highest BCUT2D eigenvalue weighted by Crippen LogP contribution is 2.29. The summed E-state index contributed by atoms with van der Waals surface area (Å²) in [6.07, 6.45) is 0.705. The average Bonchev–Trinajstić information content (AvgIpc) is 3.26. The lowest BCUT2D eigenvalue weighted by atomic mass is 10.0. The molecule has 2 heterocycles. The van der Waals surface area contributed by atoms with Crippen LogP contribution in [0, 0.1) is 0 Å². The summed E-state index contributed by atoms with van der Waals surface area (Å²) in [4.78, 5) is 44.1. The van der Waals surface area contributed by atoms with Crippen molar-refractivity contribution < 1.29 is 9.59 Å². The van der Waals surface area contributed by atoms with E-state index in [1.807, 2.05) is 53.4 Å². The van der Waals surface area contributed by atoms with Gasteiger partial charge in [0.05, 0.1) is 17.1 Å². The van der Waals surface area contributed by atoms with E-state index in [1.165, 1.54) is 11.5 Å². The van der Waals surface area contributed by atoms with Gasteiger partial charge >= 0.3 is 5.69 Å². The lowest BCUT2D eigenvalue weighted by Gasteiger charge is -2.36. The third-order valence-corrected chi connectivity index (χ3v) is 6.54.